The molecule has 0 unspecified atom stereocenters. The van der Waals surface area contributed by atoms with E-state index < -0.39 is 0 Å². The lowest BCUT2D eigenvalue weighted by Crippen LogP contribution is -1.94. The number of rotatable bonds is 2. The molecule has 24 heavy (non-hydrogen) atoms. The number of hydrogen-bond donors (Lipinski definition) is 0. The molecule has 0 spiro atoms. The van der Waals surface area contributed by atoms with Crippen LogP contribution in [0.4, 0.5) is 0 Å². The van der Waals surface area contributed by atoms with E-state index in [4.69, 9.17) is 0 Å². The summed E-state index contributed by atoms with van der Waals surface area (Å²) in [5, 5.41) is 0. The van der Waals surface area contributed by atoms with Gasteiger partial charge < -0.3 is 0 Å². The summed E-state index contributed by atoms with van der Waals surface area (Å²) in [5.41, 5.74) is 5.66. The van der Waals surface area contributed by atoms with Crippen molar-refractivity contribution in [2.24, 2.45) is 0 Å². The first-order valence-corrected chi connectivity index (χ1v) is 8.01. The SMILES string of the molecule is O=C1C(=C/c2ccccc2)/C(=C\c2ccccc2)c2ccccc21. The lowest BCUT2D eigenvalue weighted by molar-refractivity contribution is 0.104. The van der Waals surface area contributed by atoms with Gasteiger partial charge in [0.1, 0.15) is 0 Å². The van der Waals surface area contributed by atoms with Gasteiger partial charge in [0, 0.05) is 11.1 Å². The maximum atomic E-state index is 12.9. The number of fused-ring (bicyclic) bond motifs is 1. The molecule has 0 radical (unpaired) electrons. The van der Waals surface area contributed by atoms with Crippen molar-refractivity contribution in [3.05, 3.63) is 113 Å². The van der Waals surface area contributed by atoms with E-state index in [1.165, 1.54) is 0 Å². The van der Waals surface area contributed by atoms with Gasteiger partial charge >= 0.3 is 0 Å². The van der Waals surface area contributed by atoms with Gasteiger partial charge in [-0.3, -0.25) is 4.79 Å². The van der Waals surface area contributed by atoms with Crippen LogP contribution in [0.25, 0.3) is 17.7 Å². The van der Waals surface area contributed by atoms with Crippen LogP contribution in [0.2, 0.25) is 0 Å². The van der Waals surface area contributed by atoms with E-state index in [0.29, 0.717) is 0 Å². The van der Waals surface area contributed by atoms with Crippen molar-refractivity contribution in [2.75, 3.05) is 0 Å². The van der Waals surface area contributed by atoms with Crippen molar-refractivity contribution in [1.82, 2.24) is 0 Å². The standard InChI is InChI=1S/C23H16O/c24-23-20-14-8-7-13-19(20)21(15-17-9-3-1-4-10-17)22(23)16-18-11-5-2-6-12-18/h1-16H/b21-15-,22-16+. The van der Waals surface area contributed by atoms with Crippen LogP contribution in [-0.4, -0.2) is 5.78 Å². The van der Waals surface area contributed by atoms with Gasteiger partial charge in [0.15, 0.2) is 5.78 Å². The van der Waals surface area contributed by atoms with Crippen LogP contribution < -0.4 is 0 Å². The fraction of sp³-hybridized carbons (Fsp3) is 0. The van der Waals surface area contributed by atoms with Crippen molar-refractivity contribution < 1.29 is 4.79 Å². The molecule has 0 fully saturated rings. The van der Waals surface area contributed by atoms with Crippen molar-refractivity contribution in [2.45, 2.75) is 0 Å². The van der Waals surface area contributed by atoms with Crippen LogP contribution >= 0.6 is 0 Å². The second-order valence-corrected chi connectivity index (χ2v) is 5.81. The Hall–Kier alpha value is -3.19. The Morgan fingerprint density at radius 1 is 0.500 bits per heavy atom. The molecule has 0 aromatic heterocycles. The topological polar surface area (TPSA) is 17.1 Å². The van der Waals surface area contributed by atoms with Gasteiger partial charge in [0.25, 0.3) is 0 Å². The highest BCUT2D eigenvalue weighted by molar-refractivity contribution is 6.30. The van der Waals surface area contributed by atoms with Crippen LogP contribution in [0.5, 0.6) is 0 Å². The minimum Gasteiger partial charge on any atom is -0.289 e. The smallest absolute Gasteiger partial charge is 0.194 e. The molecule has 3 aromatic rings. The van der Waals surface area contributed by atoms with Crippen molar-refractivity contribution in [3.63, 3.8) is 0 Å². The van der Waals surface area contributed by atoms with E-state index in [0.717, 1.165) is 33.4 Å². The number of allylic oxidation sites excluding steroid dienone is 2. The predicted molar refractivity (Wildman–Crippen MR) is 99.5 cm³/mol. The molecule has 1 aliphatic carbocycles. The number of ketones is 1. The number of Topliss-reactive ketones (excluding diaryl/α,β-unsaturated/α-hetero) is 1. The highest BCUT2D eigenvalue weighted by atomic mass is 16.1. The van der Waals surface area contributed by atoms with Gasteiger partial charge in [0.2, 0.25) is 0 Å². The third kappa shape index (κ3) is 2.61. The lowest BCUT2D eigenvalue weighted by atomic mass is 10.00. The largest absolute Gasteiger partial charge is 0.289 e. The third-order valence-corrected chi connectivity index (χ3v) is 4.22. The van der Waals surface area contributed by atoms with E-state index in [-0.39, 0.29) is 5.78 Å². The average Bonchev–Trinajstić information content (AvgIpc) is 2.90. The first-order chi connectivity index (χ1) is 11.8. The molecule has 0 bridgehead atoms. The maximum Gasteiger partial charge on any atom is 0.194 e. The van der Waals surface area contributed by atoms with E-state index in [9.17, 15) is 4.79 Å². The molecule has 114 valence electrons. The monoisotopic (exact) mass is 308 g/mol. The van der Waals surface area contributed by atoms with E-state index >= 15 is 0 Å². The van der Waals surface area contributed by atoms with Gasteiger partial charge in [-0.1, -0.05) is 84.9 Å². The summed E-state index contributed by atoms with van der Waals surface area (Å²) >= 11 is 0. The molecule has 1 heteroatoms. The number of carbonyl (C=O) groups is 1. The van der Waals surface area contributed by atoms with Gasteiger partial charge in [-0.25, -0.2) is 0 Å². The van der Waals surface area contributed by atoms with Gasteiger partial charge in [-0.15, -0.1) is 0 Å². The van der Waals surface area contributed by atoms with E-state index in [2.05, 4.69) is 18.2 Å². The van der Waals surface area contributed by atoms with Crippen LogP contribution in [0.1, 0.15) is 27.0 Å². The maximum absolute atomic E-state index is 12.9. The third-order valence-electron chi connectivity index (χ3n) is 4.22. The molecule has 1 aliphatic rings. The summed E-state index contributed by atoms with van der Waals surface area (Å²) in [6.07, 6.45) is 4.08. The Balaban J connectivity index is 1.90. The first-order valence-electron chi connectivity index (χ1n) is 8.01. The van der Waals surface area contributed by atoms with Crippen molar-refractivity contribution in [3.8, 4) is 0 Å². The molecule has 0 saturated heterocycles. The van der Waals surface area contributed by atoms with E-state index in [1.54, 1.807) is 0 Å². The van der Waals surface area contributed by atoms with Gasteiger partial charge in [0.05, 0.1) is 0 Å². The molecule has 3 aromatic carbocycles. The summed E-state index contributed by atoms with van der Waals surface area (Å²) in [6.45, 7) is 0. The zero-order valence-corrected chi connectivity index (χ0v) is 13.1. The molecule has 0 aliphatic heterocycles. The quantitative estimate of drug-likeness (QED) is 0.571. The number of hydrogen-bond acceptors (Lipinski definition) is 1. The Bertz CT molecular complexity index is 948. The average molecular weight is 308 g/mol. The second-order valence-electron chi connectivity index (χ2n) is 5.81. The Kier molecular flexibility index (Phi) is 3.68. The van der Waals surface area contributed by atoms with Gasteiger partial charge in [-0.05, 0) is 34.4 Å². The van der Waals surface area contributed by atoms with Crippen LogP contribution in [0.15, 0.2) is 90.5 Å². The normalized spacial score (nSPS) is 16.6. The fourth-order valence-corrected chi connectivity index (χ4v) is 3.06. The van der Waals surface area contributed by atoms with Crippen molar-refractivity contribution in [1.29, 1.82) is 0 Å². The molecule has 0 saturated carbocycles. The summed E-state index contributed by atoms with van der Waals surface area (Å²) in [5.74, 6) is 0.0941. The predicted octanol–water partition coefficient (Wildman–Crippen LogP) is 5.51. The molecule has 4 rings (SSSR count). The summed E-state index contributed by atoms with van der Waals surface area (Å²) in [7, 11) is 0. The molecule has 0 N–H and O–H groups in total. The highest BCUT2D eigenvalue weighted by Crippen LogP contribution is 2.38. The highest BCUT2D eigenvalue weighted by Gasteiger charge is 2.29. The molecular weight excluding hydrogens is 292 g/mol. The molecule has 1 nitrogen and oxygen atoms in total. The minimum absolute atomic E-state index is 0.0941. The van der Waals surface area contributed by atoms with Crippen molar-refractivity contribution >= 4 is 23.5 Å². The number of carbonyl (C=O) groups excluding carboxylic acids is 1. The molecule has 0 atom stereocenters. The van der Waals surface area contributed by atoms with E-state index in [1.807, 2.05) is 78.9 Å². The zero-order chi connectivity index (χ0) is 16.4. The Morgan fingerprint density at radius 2 is 0.958 bits per heavy atom. The Morgan fingerprint density at radius 3 is 1.54 bits per heavy atom. The number of benzene rings is 3. The molecular formula is C23H16O. The minimum atomic E-state index is 0.0941. The van der Waals surface area contributed by atoms with Crippen LogP contribution in [0.3, 0.4) is 0 Å². The zero-order valence-electron chi connectivity index (χ0n) is 13.1. The van der Waals surface area contributed by atoms with Crippen LogP contribution in [0, 0.1) is 0 Å². The second kappa shape index (κ2) is 6.13. The van der Waals surface area contributed by atoms with Crippen LogP contribution in [-0.2, 0) is 0 Å². The fourth-order valence-electron chi connectivity index (χ4n) is 3.06. The Labute approximate surface area is 141 Å². The molecule has 0 amide bonds. The molecule has 0 heterocycles. The lowest BCUT2D eigenvalue weighted by Gasteiger charge is -2.03. The summed E-state index contributed by atoms with van der Waals surface area (Å²) in [4.78, 5) is 12.9. The first kappa shape index (κ1) is 14.4. The summed E-state index contributed by atoms with van der Waals surface area (Å²) < 4.78 is 0. The van der Waals surface area contributed by atoms with Gasteiger partial charge in [-0.2, -0.15) is 0 Å². The summed E-state index contributed by atoms with van der Waals surface area (Å²) in [6, 6.07) is 27.9.